The molecular weight excluding hydrogens is 795 g/mol. The van der Waals surface area contributed by atoms with Crippen LogP contribution in [-0.4, -0.2) is 6.16 Å². The molecule has 5 heteroatoms. The zero-order valence-electron chi connectivity index (χ0n) is 34.0. The summed E-state index contributed by atoms with van der Waals surface area (Å²) in [4.78, 5) is 8.33. The zero-order chi connectivity index (χ0) is 42.6. The number of rotatable bonds is 8. The van der Waals surface area contributed by atoms with Gasteiger partial charge in [0.2, 0.25) is 0 Å². The first kappa shape index (κ1) is 41.6. The first-order valence-electron chi connectivity index (χ1n) is 20.5. The van der Waals surface area contributed by atoms with Crippen LogP contribution >= 0.6 is 14.5 Å². The number of hydrogen-bond donors (Lipinski definition) is 0. The first-order valence-corrected chi connectivity index (χ1v) is 24.1. The summed E-state index contributed by atoms with van der Waals surface area (Å²) in [5, 5.41) is 33.0. The Morgan fingerprint density at radius 2 is 0.452 bits per heavy atom. The molecule has 0 spiro atoms. The molecule has 10 rings (SSSR count). The highest BCUT2D eigenvalue weighted by Crippen LogP contribution is 2.56. The van der Waals surface area contributed by atoms with Gasteiger partial charge in [-0.15, -0.1) is 0 Å². The summed E-state index contributed by atoms with van der Waals surface area (Å²) in [7, 11) is -4.10. The number of fused-ring (bicyclic) bond motifs is 2. The molecule has 10 aromatic carbocycles. The molecule has 0 amide bonds. The standard InChI is InChI=1S/2C28H22P.CH2O3/c2*1-4-15-24(16-5-1)29(25-17-6-2-7-18-25,26-19-8-3-9-20-26)28-22-12-14-23-13-10-11-21-27(23)28;2-1(3)4/h2*1-22H;(H2,2,3,4)/q2*+1;/p-2. The van der Waals surface area contributed by atoms with Crippen LogP contribution in [0.4, 0.5) is 4.79 Å². The SMILES string of the molecule is O=C([O-])[O-].c1ccc([P+](c2ccccc2)(c2ccccc2)c2cccc3ccccc23)cc1.c1ccc([P+](c2ccccc2)(c2ccccc2)c2cccc3ccccc23)cc1. The summed E-state index contributed by atoms with van der Waals surface area (Å²) in [6, 6.07) is 97.3. The maximum absolute atomic E-state index is 8.33. The van der Waals surface area contributed by atoms with Gasteiger partial charge in [0.25, 0.3) is 0 Å². The van der Waals surface area contributed by atoms with E-state index in [1.165, 1.54) is 64.0 Å². The van der Waals surface area contributed by atoms with Gasteiger partial charge in [-0.1, -0.05) is 182 Å². The monoisotopic (exact) mass is 838 g/mol. The third-order valence-electron chi connectivity index (χ3n) is 11.1. The molecule has 0 bridgehead atoms. The van der Waals surface area contributed by atoms with Crippen molar-refractivity contribution in [2.75, 3.05) is 0 Å². The normalized spacial score (nSPS) is 11.1. The third kappa shape index (κ3) is 8.30. The highest BCUT2D eigenvalue weighted by Gasteiger charge is 2.50. The van der Waals surface area contributed by atoms with Gasteiger partial charge in [-0.25, -0.2) is 0 Å². The van der Waals surface area contributed by atoms with Crippen molar-refractivity contribution in [3.63, 3.8) is 0 Å². The summed E-state index contributed by atoms with van der Waals surface area (Å²) in [5.41, 5.74) is 0. The molecule has 0 radical (unpaired) electrons. The van der Waals surface area contributed by atoms with Gasteiger partial charge in [0.05, 0.1) is 0 Å². The van der Waals surface area contributed by atoms with Gasteiger partial charge in [0, 0.05) is 10.8 Å². The van der Waals surface area contributed by atoms with Crippen LogP contribution in [0.2, 0.25) is 0 Å². The average molecular weight is 839 g/mol. The lowest BCUT2D eigenvalue weighted by Crippen LogP contribution is -2.38. The Kier molecular flexibility index (Phi) is 13.1. The summed E-state index contributed by atoms with van der Waals surface area (Å²) >= 11 is 0. The van der Waals surface area contributed by atoms with Gasteiger partial charge in [0.1, 0.15) is 57.0 Å². The molecule has 0 heterocycles. The number of carbonyl (C=O) groups is 1. The van der Waals surface area contributed by atoms with Crippen LogP contribution in [0.5, 0.6) is 0 Å². The molecule has 0 saturated heterocycles. The number of hydrogen-bond acceptors (Lipinski definition) is 3. The van der Waals surface area contributed by atoms with Crippen molar-refractivity contribution in [2.24, 2.45) is 0 Å². The van der Waals surface area contributed by atoms with Crippen molar-refractivity contribution in [3.8, 4) is 0 Å². The molecule has 0 atom stereocenters. The maximum Gasteiger partial charge on any atom is 0.144 e. The van der Waals surface area contributed by atoms with E-state index < -0.39 is 20.7 Å². The molecule has 0 aliphatic rings. The second kappa shape index (κ2) is 19.5. The molecular formula is C57H44O3P2. The number of carboxylic acid groups (broad SMARTS) is 2. The topological polar surface area (TPSA) is 63.2 Å². The van der Waals surface area contributed by atoms with E-state index in [1.54, 1.807) is 0 Å². The fourth-order valence-corrected chi connectivity index (χ4v) is 17.6. The molecule has 300 valence electrons. The summed E-state index contributed by atoms with van der Waals surface area (Å²) in [6.45, 7) is 0. The van der Waals surface area contributed by atoms with E-state index in [2.05, 4.69) is 267 Å². The van der Waals surface area contributed by atoms with E-state index in [0.717, 1.165) is 0 Å². The molecule has 0 aliphatic carbocycles. The van der Waals surface area contributed by atoms with Gasteiger partial charge in [-0.05, 0) is 102 Å². The Morgan fingerprint density at radius 3 is 0.694 bits per heavy atom. The fourth-order valence-electron chi connectivity index (χ4n) is 8.64. The Morgan fingerprint density at radius 1 is 0.258 bits per heavy atom. The quantitative estimate of drug-likeness (QED) is 0.144. The van der Waals surface area contributed by atoms with E-state index in [9.17, 15) is 0 Å². The molecule has 0 unspecified atom stereocenters. The highest BCUT2D eigenvalue weighted by molar-refractivity contribution is 8.02. The minimum atomic E-state index is -2.33. The lowest BCUT2D eigenvalue weighted by atomic mass is 10.1. The van der Waals surface area contributed by atoms with Crippen molar-refractivity contribution in [3.05, 3.63) is 267 Å². The minimum absolute atomic E-state index is 1.29. The van der Waals surface area contributed by atoms with Crippen LogP contribution in [0.25, 0.3) is 21.5 Å². The second-order valence-electron chi connectivity index (χ2n) is 14.6. The summed E-state index contributed by atoms with van der Waals surface area (Å²) in [6.07, 6.45) is -2.33. The smallest absolute Gasteiger partial charge is 0.144 e. The largest absolute Gasteiger partial charge is 0.652 e. The second-order valence-corrected chi connectivity index (χ2v) is 21.3. The summed E-state index contributed by atoms with van der Waals surface area (Å²) < 4.78 is 0. The van der Waals surface area contributed by atoms with Gasteiger partial charge < -0.3 is 15.0 Å². The predicted octanol–water partition coefficient (Wildman–Crippen LogP) is 8.47. The van der Waals surface area contributed by atoms with E-state index in [1.807, 2.05) is 0 Å². The Bertz CT molecular complexity index is 2570. The average Bonchev–Trinajstić information content (AvgIpc) is 3.34. The Balaban J connectivity index is 0.000000157. The Hall–Kier alpha value is -7.15. The van der Waals surface area contributed by atoms with Crippen LogP contribution in [0.3, 0.4) is 0 Å². The fraction of sp³-hybridized carbons (Fsp3) is 0. The first-order chi connectivity index (χ1) is 30.5. The van der Waals surface area contributed by atoms with Crippen LogP contribution in [-0.2, 0) is 0 Å². The van der Waals surface area contributed by atoms with Crippen LogP contribution < -0.4 is 52.6 Å². The minimum Gasteiger partial charge on any atom is -0.652 e. The van der Waals surface area contributed by atoms with E-state index >= 15 is 0 Å². The van der Waals surface area contributed by atoms with Crippen molar-refractivity contribution in [1.29, 1.82) is 0 Å². The van der Waals surface area contributed by atoms with E-state index in [0.29, 0.717) is 0 Å². The molecule has 0 aromatic heterocycles. The van der Waals surface area contributed by atoms with Gasteiger partial charge in [-0.3, -0.25) is 0 Å². The van der Waals surface area contributed by atoms with Crippen LogP contribution in [0.15, 0.2) is 267 Å². The van der Waals surface area contributed by atoms with Gasteiger partial charge in [0.15, 0.2) is 0 Å². The van der Waals surface area contributed by atoms with Crippen LogP contribution in [0, 0.1) is 0 Å². The molecule has 0 aliphatic heterocycles. The van der Waals surface area contributed by atoms with Gasteiger partial charge in [-0.2, -0.15) is 0 Å². The predicted molar refractivity (Wildman–Crippen MR) is 263 cm³/mol. The maximum atomic E-state index is 8.33. The zero-order valence-corrected chi connectivity index (χ0v) is 35.8. The number of carbonyl (C=O) groups excluding carboxylic acids is 1. The van der Waals surface area contributed by atoms with Crippen molar-refractivity contribution >= 4 is 84.7 Å². The molecule has 0 saturated carbocycles. The van der Waals surface area contributed by atoms with E-state index in [-0.39, 0.29) is 0 Å². The van der Waals surface area contributed by atoms with E-state index in [4.69, 9.17) is 15.0 Å². The highest BCUT2D eigenvalue weighted by atomic mass is 31.2. The molecule has 0 N–H and O–H groups in total. The molecule has 10 aromatic rings. The van der Waals surface area contributed by atoms with Crippen molar-refractivity contribution in [1.82, 2.24) is 0 Å². The summed E-state index contributed by atoms with van der Waals surface area (Å²) in [5.74, 6) is 0. The lowest BCUT2D eigenvalue weighted by Gasteiger charge is -2.28. The Labute approximate surface area is 364 Å². The van der Waals surface area contributed by atoms with Crippen molar-refractivity contribution < 1.29 is 15.0 Å². The molecule has 3 nitrogen and oxygen atoms in total. The third-order valence-corrected chi connectivity index (χ3v) is 19.8. The lowest BCUT2D eigenvalue weighted by molar-refractivity contribution is -0.415. The molecule has 0 fully saturated rings. The van der Waals surface area contributed by atoms with Crippen molar-refractivity contribution in [2.45, 2.75) is 0 Å². The molecule has 62 heavy (non-hydrogen) atoms. The van der Waals surface area contributed by atoms with Crippen LogP contribution in [0.1, 0.15) is 0 Å². The number of benzene rings is 10. The van der Waals surface area contributed by atoms with Gasteiger partial charge >= 0.3 is 0 Å².